The molecule has 1 saturated carbocycles. The van der Waals surface area contributed by atoms with Gasteiger partial charge in [0.15, 0.2) is 0 Å². The lowest BCUT2D eigenvalue weighted by Gasteiger charge is -2.41. The Labute approximate surface area is 184 Å². The number of benzene rings is 2. The summed E-state index contributed by atoms with van der Waals surface area (Å²) in [7, 11) is -2.69. The first-order valence-corrected chi connectivity index (χ1v) is 13.5. The van der Waals surface area contributed by atoms with E-state index in [9.17, 15) is 8.42 Å². The van der Waals surface area contributed by atoms with Crippen LogP contribution in [0.1, 0.15) is 43.7 Å². The first-order chi connectivity index (χ1) is 14.3. The van der Waals surface area contributed by atoms with Gasteiger partial charge >= 0.3 is 0 Å². The van der Waals surface area contributed by atoms with Crippen molar-refractivity contribution in [2.24, 2.45) is 15.6 Å². The van der Waals surface area contributed by atoms with Crippen LogP contribution in [0.25, 0.3) is 0 Å². The molecule has 4 atom stereocenters. The lowest BCUT2D eigenvalue weighted by molar-refractivity contribution is -0.0206. The number of nitrogens with zero attached hydrogens (tertiary/aromatic N) is 1. The molecule has 0 spiro atoms. The van der Waals surface area contributed by atoms with E-state index in [2.05, 4.69) is 10.7 Å². The third kappa shape index (κ3) is 5.59. The van der Waals surface area contributed by atoms with Crippen LogP contribution in [0.15, 0.2) is 62.1 Å². The van der Waals surface area contributed by atoms with Gasteiger partial charge in [-0.05, 0) is 69.2 Å². The molecule has 1 unspecified atom stereocenters. The highest BCUT2D eigenvalue weighted by Crippen LogP contribution is 2.41. The fraction of sp³-hybridized carbons (Fsp3) is 0.500. The van der Waals surface area contributed by atoms with Crippen molar-refractivity contribution in [2.45, 2.75) is 62.3 Å². The number of methoxy groups -OCH3 is 1. The van der Waals surface area contributed by atoms with E-state index in [0.717, 1.165) is 28.4 Å². The Morgan fingerprint density at radius 1 is 1.03 bits per heavy atom. The molecule has 164 valence electrons. The Morgan fingerprint density at radius 2 is 1.63 bits per heavy atom. The molecule has 0 radical (unpaired) electrons. The molecule has 6 heteroatoms. The molecule has 3 rings (SSSR count). The summed E-state index contributed by atoms with van der Waals surface area (Å²) in [5.74, 6) is 1.99. The largest absolute Gasteiger partial charge is 0.381 e. The molecular formula is C24H33NO3S2. The summed E-state index contributed by atoms with van der Waals surface area (Å²) in [6.07, 6.45) is 4.65. The topological polar surface area (TPSA) is 55.7 Å². The second kappa shape index (κ2) is 10.2. The van der Waals surface area contributed by atoms with Gasteiger partial charge in [-0.25, -0.2) is 0 Å². The van der Waals surface area contributed by atoms with E-state index in [1.807, 2.05) is 50.2 Å². The Balaban J connectivity index is 1.87. The first kappa shape index (κ1) is 23.2. The van der Waals surface area contributed by atoms with Gasteiger partial charge in [0, 0.05) is 17.8 Å². The van der Waals surface area contributed by atoms with Crippen LogP contribution in [0, 0.1) is 25.7 Å². The second-order valence-electron chi connectivity index (χ2n) is 8.22. The molecule has 0 saturated heterocycles. The van der Waals surface area contributed by atoms with Crippen LogP contribution < -0.4 is 0 Å². The first-order valence-electron chi connectivity index (χ1n) is 10.7. The zero-order valence-electron chi connectivity index (χ0n) is 18.4. The van der Waals surface area contributed by atoms with Crippen molar-refractivity contribution in [3.05, 3.63) is 59.7 Å². The smallest absolute Gasteiger partial charge is 0.288 e. The van der Waals surface area contributed by atoms with Crippen molar-refractivity contribution in [1.82, 2.24) is 0 Å². The van der Waals surface area contributed by atoms with E-state index >= 15 is 0 Å². The molecule has 0 amide bonds. The summed E-state index contributed by atoms with van der Waals surface area (Å²) >= 11 is 0. The third-order valence-electron chi connectivity index (χ3n) is 6.18. The average molecular weight is 448 g/mol. The summed E-state index contributed by atoms with van der Waals surface area (Å²) < 4.78 is 36.3. The standard InChI is InChI=1S/C24H33NO3S2/c1-5-20-10-15-23(20)24(28-4)16-17-29(21-11-6-18(2)7-12-21)25-30(26,27)22-13-8-19(3)9-14-22/h6-9,11-14,20,23-24H,5,10,15-17H2,1-4H3/t20-,23-,24+,29?/m1/s1. The van der Waals surface area contributed by atoms with Crippen molar-refractivity contribution in [2.75, 3.05) is 12.9 Å². The zero-order chi connectivity index (χ0) is 21.7. The quantitative estimate of drug-likeness (QED) is 0.496. The van der Waals surface area contributed by atoms with E-state index in [4.69, 9.17) is 4.74 Å². The van der Waals surface area contributed by atoms with Gasteiger partial charge in [0.1, 0.15) is 0 Å². The Morgan fingerprint density at radius 3 is 2.13 bits per heavy atom. The number of hydrogen-bond donors (Lipinski definition) is 0. The van der Waals surface area contributed by atoms with Crippen LogP contribution in [-0.4, -0.2) is 27.4 Å². The number of hydrogen-bond acceptors (Lipinski definition) is 3. The lowest BCUT2D eigenvalue weighted by Crippen LogP contribution is -2.37. The molecule has 1 aliphatic rings. The van der Waals surface area contributed by atoms with Crippen LogP contribution in [-0.2, 0) is 25.5 Å². The summed E-state index contributed by atoms with van der Waals surface area (Å²) in [5.41, 5.74) is 2.18. The zero-order valence-corrected chi connectivity index (χ0v) is 20.0. The van der Waals surface area contributed by atoms with Gasteiger partial charge in [-0.1, -0.05) is 59.4 Å². The molecular weight excluding hydrogens is 414 g/mol. The van der Waals surface area contributed by atoms with Gasteiger partial charge < -0.3 is 4.74 Å². The molecule has 0 N–H and O–H groups in total. The fourth-order valence-corrected chi connectivity index (χ4v) is 7.65. The summed E-state index contributed by atoms with van der Waals surface area (Å²) in [4.78, 5) is 1.22. The average Bonchev–Trinajstić information content (AvgIpc) is 2.70. The minimum Gasteiger partial charge on any atom is -0.381 e. The van der Waals surface area contributed by atoms with Crippen LogP contribution in [0.5, 0.6) is 0 Å². The molecule has 0 aromatic heterocycles. The van der Waals surface area contributed by atoms with E-state index in [1.54, 1.807) is 19.2 Å². The molecule has 0 bridgehead atoms. The van der Waals surface area contributed by atoms with Crippen LogP contribution >= 0.6 is 0 Å². The Hall–Kier alpha value is -1.50. The van der Waals surface area contributed by atoms with E-state index in [1.165, 1.54) is 19.3 Å². The number of aryl methyl sites for hydroxylation is 2. The molecule has 0 aliphatic heterocycles. The maximum Gasteiger partial charge on any atom is 0.288 e. The van der Waals surface area contributed by atoms with E-state index in [-0.39, 0.29) is 11.0 Å². The molecule has 1 fully saturated rings. The monoisotopic (exact) mass is 447 g/mol. The summed E-state index contributed by atoms with van der Waals surface area (Å²) in [5, 5.41) is 0. The molecule has 0 heterocycles. The SMILES string of the molecule is CC[C@@H]1CC[C@H]1[C@H](CC/S(=N/S(=O)(=O)c1ccc(C)cc1)c1ccc(C)cc1)OC. The van der Waals surface area contributed by atoms with Gasteiger partial charge in [-0.2, -0.15) is 8.42 Å². The van der Waals surface area contributed by atoms with Gasteiger partial charge in [-0.15, -0.1) is 3.77 Å². The third-order valence-corrected chi connectivity index (χ3v) is 9.99. The Kier molecular flexibility index (Phi) is 7.88. The van der Waals surface area contributed by atoms with Crippen molar-refractivity contribution in [3.63, 3.8) is 0 Å². The Bertz CT molecular complexity index is 965. The highest BCUT2D eigenvalue weighted by molar-refractivity contribution is 8.00. The molecule has 2 aromatic rings. The highest BCUT2D eigenvalue weighted by atomic mass is 32.3. The number of rotatable bonds is 9. The van der Waals surface area contributed by atoms with Crippen molar-refractivity contribution >= 4 is 20.7 Å². The van der Waals surface area contributed by atoms with Crippen LogP contribution in [0.4, 0.5) is 0 Å². The summed E-state index contributed by atoms with van der Waals surface area (Å²) in [6.45, 7) is 6.22. The predicted molar refractivity (Wildman–Crippen MR) is 124 cm³/mol. The van der Waals surface area contributed by atoms with Gasteiger partial charge in [-0.3, -0.25) is 0 Å². The molecule has 4 nitrogen and oxygen atoms in total. The van der Waals surface area contributed by atoms with Crippen LogP contribution in [0.3, 0.4) is 0 Å². The normalized spacial score (nSPS) is 21.2. The van der Waals surface area contributed by atoms with Gasteiger partial charge in [0.05, 0.1) is 11.0 Å². The second-order valence-corrected chi connectivity index (χ2v) is 11.8. The molecule has 2 aromatic carbocycles. The van der Waals surface area contributed by atoms with Gasteiger partial charge in [0.2, 0.25) is 0 Å². The predicted octanol–water partition coefficient (Wildman–Crippen LogP) is 5.69. The maximum atomic E-state index is 13.0. The molecule has 1 aliphatic carbocycles. The minimum atomic E-state index is -3.72. The van der Waals surface area contributed by atoms with Gasteiger partial charge in [0.25, 0.3) is 10.0 Å². The van der Waals surface area contributed by atoms with Crippen molar-refractivity contribution in [3.8, 4) is 0 Å². The maximum absolute atomic E-state index is 13.0. The number of ether oxygens (including phenoxy) is 1. The minimum absolute atomic E-state index is 0.168. The van der Waals surface area contributed by atoms with E-state index < -0.39 is 20.7 Å². The van der Waals surface area contributed by atoms with Crippen molar-refractivity contribution in [1.29, 1.82) is 0 Å². The summed E-state index contributed by atoms with van der Waals surface area (Å²) in [6, 6.07) is 15.0. The number of sulfonamides is 1. The lowest BCUT2D eigenvalue weighted by atomic mass is 9.69. The van der Waals surface area contributed by atoms with Crippen molar-refractivity contribution < 1.29 is 13.2 Å². The fourth-order valence-electron chi connectivity index (χ4n) is 4.09. The van der Waals surface area contributed by atoms with E-state index in [0.29, 0.717) is 11.7 Å². The molecule has 30 heavy (non-hydrogen) atoms. The highest BCUT2D eigenvalue weighted by Gasteiger charge is 2.35. The van der Waals surface area contributed by atoms with Crippen LogP contribution in [0.2, 0.25) is 0 Å².